The average molecular weight is 496 g/mol. The normalized spacial score (nSPS) is 17.1. The van der Waals surface area contributed by atoms with Crippen molar-refractivity contribution in [1.29, 1.82) is 0 Å². The minimum absolute atomic E-state index is 0.0125. The number of nitrogens with zero attached hydrogens (tertiary/aromatic N) is 1. The van der Waals surface area contributed by atoms with E-state index in [0.717, 1.165) is 12.8 Å². The number of likely N-dealkylation sites (tertiary alicyclic amines) is 1. The molecule has 4 rings (SSSR count). The maximum atomic E-state index is 13.0. The first-order chi connectivity index (χ1) is 15.2. The topological polar surface area (TPSA) is 95.6 Å². The Balaban J connectivity index is 1.45. The summed E-state index contributed by atoms with van der Waals surface area (Å²) in [5.41, 5.74) is 0.556. The highest BCUT2D eigenvalue weighted by Crippen LogP contribution is 2.28. The van der Waals surface area contributed by atoms with Crippen LogP contribution in [0, 0.1) is 5.92 Å². The molecule has 2 aromatic rings. The standard InChI is InChI=1S/C22H23Cl2N3O4S/c23-16-2-4-18(5-3-16)26-32(30,31)20-13-15(1-8-19(20)24)22(29)27-11-9-14(10-12-27)21(28)25-17-6-7-17/h1-5,8,13-14,17,26H,6-7,9-12H2,(H,25,28). The van der Waals surface area contributed by atoms with Crippen molar-refractivity contribution in [2.24, 2.45) is 5.92 Å². The Morgan fingerprint density at radius 2 is 1.59 bits per heavy atom. The predicted molar refractivity (Wildman–Crippen MR) is 124 cm³/mol. The number of hydrogen-bond acceptors (Lipinski definition) is 4. The van der Waals surface area contributed by atoms with Crippen LogP contribution in [0.4, 0.5) is 5.69 Å². The highest BCUT2D eigenvalue weighted by Gasteiger charge is 2.31. The Kier molecular flexibility index (Phi) is 6.65. The number of carbonyl (C=O) groups is 2. The van der Waals surface area contributed by atoms with Gasteiger partial charge in [-0.2, -0.15) is 0 Å². The molecule has 2 N–H and O–H groups in total. The number of piperidine rings is 1. The zero-order valence-corrected chi connectivity index (χ0v) is 19.5. The third-order valence-electron chi connectivity index (χ3n) is 5.64. The van der Waals surface area contributed by atoms with Crippen molar-refractivity contribution in [1.82, 2.24) is 10.2 Å². The Morgan fingerprint density at radius 3 is 2.22 bits per heavy atom. The number of benzene rings is 2. The number of halogens is 2. The molecule has 0 unspecified atom stereocenters. The predicted octanol–water partition coefficient (Wildman–Crippen LogP) is 3.93. The molecule has 1 aliphatic heterocycles. The number of rotatable bonds is 6. The quantitative estimate of drug-likeness (QED) is 0.634. The van der Waals surface area contributed by atoms with Crippen molar-refractivity contribution in [3.63, 3.8) is 0 Å². The highest BCUT2D eigenvalue weighted by atomic mass is 35.5. The summed E-state index contributed by atoms with van der Waals surface area (Å²) in [4.78, 5) is 26.7. The van der Waals surface area contributed by atoms with Gasteiger partial charge in [-0.1, -0.05) is 23.2 Å². The van der Waals surface area contributed by atoms with Crippen LogP contribution in [0.2, 0.25) is 10.0 Å². The van der Waals surface area contributed by atoms with Crippen LogP contribution in [0.5, 0.6) is 0 Å². The minimum atomic E-state index is -4.02. The van der Waals surface area contributed by atoms with E-state index in [1.165, 1.54) is 30.3 Å². The Hall–Kier alpha value is -2.29. The monoisotopic (exact) mass is 495 g/mol. The summed E-state index contributed by atoms with van der Waals surface area (Å²) in [6.45, 7) is 0.880. The number of nitrogens with one attached hydrogen (secondary N) is 2. The summed E-state index contributed by atoms with van der Waals surface area (Å²) < 4.78 is 28.2. The molecule has 1 saturated heterocycles. The van der Waals surface area contributed by atoms with E-state index in [4.69, 9.17) is 23.2 Å². The first-order valence-electron chi connectivity index (χ1n) is 10.4. The van der Waals surface area contributed by atoms with Gasteiger partial charge in [-0.15, -0.1) is 0 Å². The summed E-state index contributed by atoms with van der Waals surface area (Å²) >= 11 is 12.0. The first kappa shape index (κ1) is 22.9. The van der Waals surface area contributed by atoms with E-state index >= 15 is 0 Å². The molecule has 1 aliphatic carbocycles. The highest BCUT2D eigenvalue weighted by molar-refractivity contribution is 7.92. The van der Waals surface area contributed by atoms with E-state index in [1.54, 1.807) is 17.0 Å². The van der Waals surface area contributed by atoms with Crippen molar-refractivity contribution in [2.75, 3.05) is 17.8 Å². The van der Waals surface area contributed by atoms with Gasteiger partial charge in [0, 0.05) is 41.3 Å². The molecule has 32 heavy (non-hydrogen) atoms. The van der Waals surface area contributed by atoms with Crippen molar-refractivity contribution in [2.45, 2.75) is 36.6 Å². The molecule has 0 atom stereocenters. The maximum Gasteiger partial charge on any atom is 0.263 e. The van der Waals surface area contributed by atoms with Gasteiger partial charge >= 0.3 is 0 Å². The van der Waals surface area contributed by atoms with E-state index in [2.05, 4.69) is 10.0 Å². The molecular weight excluding hydrogens is 473 g/mol. The van der Waals surface area contributed by atoms with Crippen LogP contribution in [0.25, 0.3) is 0 Å². The van der Waals surface area contributed by atoms with Crippen molar-refractivity contribution in [3.05, 3.63) is 58.1 Å². The lowest BCUT2D eigenvalue weighted by Gasteiger charge is -2.31. The van der Waals surface area contributed by atoms with E-state index < -0.39 is 10.0 Å². The largest absolute Gasteiger partial charge is 0.353 e. The molecule has 10 heteroatoms. The number of carbonyl (C=O) groups excluding carboxylic acids is 2. The van der Waals surface area contributed by atoms with Crippen LogP contribution >= 0.6 is 23.2 Å². The van der Waals surface area contributed by atoms with Crippen LogP contribution in [0.1, 0.15) is 36.0 Å². The summed E-state index contributed by atoms with van der Waals surface area (Å²) in [7, 11) is -4.02. The molecule has 2 fully saturated rings. The van der Waals surface area contributed by atoms with Crippen LogP contribution < -0.4 is 10.0 Å². The van der Waals surface area contributed by atoms with Gasteiger partial charge in [-0.05, 0) is 68.1 Å². The van der Waals surface area contributed by atoms with E-state index in [1.807, 2.05) is 0 Å². The Labute approximate surface area is 197 Å². The molecule has 0 aromatic heterocycles. The van der Waals surface area contributed by atoms with Crippen LogP contribution in [0.3, 0.4) is 0 Å². The lowest BCUT2D eigenvalue weighted by atomic mass is 9.95. The Morgan fingerprint density at radius 1 is 0.938 bits per heavy atom. The van der Waals surface area contributed by atoms with Gasteiger partial charge in [-0.3, -0.25) is 14.3 Å². The number of amides is 2. The van der Waals surface area contributed by atoms with Gasteiger partial charge in [0.15, 0.2) is 0 Å². The zero-order valence-electron chi connectivity index (χ0n) is 17.2. The molecule has 170 valence electrons. The maximum absolute atomic E-state index is 13.0. The van der Waals surface area contributed by atoms with Gasteiger partial charge in [0.1, 0.15) is 4.90 Å². The lowest BCUT2D eigenvalue weighted by Crippen LogP contribution is -2.43. The SMILES string of the molecule is O=C(NC1CC1)C1CCN(C(=O)c2ccc(Cl)c(S(=O)(=O)Nc3ccc(Cl)cc3)c2)CC1. The van der Waals surface area contributed by atoms with E-state index in [0.29, 0.717) is 42.7 Å². The summed E-state index contributed by atoms with van der Waals surface area (Å²) in [6.07, 6.45) is 3.25. The first-order valence-corrected chi connectivity index (χ1v) is 12.6. The average Bonchev–Trinajstić information content (AvgIpc) is 3.59. The van der Waals surface area contributed by atoms with E-state index in [-0.39, 0.29) is 33.2 Å². The fraction of sp³-hybridized carbons (Fsp3) is 0.364. The van der Waals surface area contributed by atoms with Crippen molar-refractivity contribution < 1.29 is 18.0 Å². The third-order valence-corrected chi connectivity index (χ3v) is 7.76. The number of sulfonamides is 1. The van der Waals surface area contributed by atoms with Crippen LogP contribution in [-0.4, -0.2) is 44.3 Å². The second-order valence-electron chi connectivity index (χ2n) is 8.11. The third kappa shape index (κ3) is 5.36. The van der Waals surface area contributed by atoms with Crippen molar-refractivity contribution in [3.8, 4) is 0 Å². The summed E-state index contributed by atoms with van der Waals surface area (Å²) in [5, 5.41) is 3.51. The summed E-state index contributed by atoms with van der Waals surface area (Å²) in [6, 6.07) is 10.7. The smallest absolute Gasteiger partial charge is 0.263 e. The van der Waals surface area contributed by atoms with Crippen molar-refractivity contribution >= 4 is 50.7 Å². The molecule has 1 saturated carbocycles. The van der Waals surface area contributed by atoms with E-state index in [9.17, 15) is 18.0 Å². The molecule has 7 nitrogen and oxygen atoms in total. The van der Waals surface area contributed by atoms with Gasteiger partial charge in [0.2, 0.25) is 5.91 Å². The Bertz CT molecular complexity index is 1130. The second-order valence-corrected chi connectivity index (χ2v) is 10.6. The fourth-order valence-corrected chi connectivity index (χ4v) is 5.36. The lowest BCUT2D eigenvalue weighted by molar-refractivity contribution is -0.126. The molecule has 2 amide bonds. The van der Waals surface area contributed by atoms with Crippen LogP contribution in [-0.2, 0) is 14.8 Å². The van der Waals surface area contributed by atoms with Gasteiger partial charge in [0.25, 0.3) is 15.9 Å². The molecular formula is C22H23Cl2N3O4S. The minimum Gasteiger partial charge on any atom is -0.353 e. The molecule has 0 bridgehead atoms. The zero-order chi connectivity index (χ0) is 22.9. The fourth-order valence-electron chi connectivity index (χ4n) is 3.64. The number of hydrogen-bond donors (Lipinski definition) is 2. The summed E-state index contributed by atoms with van der Waals surface area (Å²) in [5.74, 6) is -0.317. The van der Waals surface area contributed by atoms with Gasteiger partial charge < -0.3 is 10.2 Å². The van der Waals surface area contributed by atoms with Gasteiger partial charge in [-0.25, -0.2) is 8.42 Å². The number of anilines is 1. The molecule has 2 aromatic carbocycles. The second kappa shape index (κ2) is 9.29. The molecule has 2 aliphatic rings. The molecule has 0 spiro atoms. The van der Waals surface area contributed by atoms with Gasteiger partial charge in [0.05, 0.1) is 5.02 Å². The molecule has 1 heterocycles. The molecule has 0 radical (unpaired) electrons. The van der Waals surface area contributed by atoms with Crippen LogP contribution in [0.15, 0.2) is 47.4 Å².